The number of hydrogen-bond acceptors (Lipinski definition) is 10. The molecule has 0 aliphatic carbocycles. The zero-order chi connectivity index (χ0) is 33.2. The fourth-order valence-electron chi connectivity index (χ4n) is 4.05. The fourth-order valence-corrected chi connectivity index (χ4v) is 4.68. The number of aliphatic hydroxyl groups is 1. The second-order valence-electron chi connectivity index (χ2n) is 10.4. The van der Waals surface area contributed by atoms with Crippen LogP contribution in [0.25, 0.3) is 0 Å². The number of aromatic nitrogens is 1. The summed E-state index contributed by atoms with van der Waals surface area (Å²) in [5.41, 5.74) is 10.6. The van der Waals surface area contributed by atoms with Gasteiger partial charge in [-0.3, -0.25) is 34.8 Å². The molecule has 0 radical (unpaired) electrons. The van der Waals surface area contributed by atoms with E-state index in [1.54, 1.807) is 5.38 Å². The van der Waals surface area contributed by atoms with Gasteiger partial charge in [0.15, 0.2) is 16.9 Å². The van der Waals surface area contributed by atoms with Crippen LogP contribution in [0.2, 0.25) is 0 Å². The summed E-state index contributed by atoms with van der Waals surface area (Å²) in [6.07, 6.45) is 2.65. The van der Waals surface area contributed by atoms with Crippen LogP contribution in [0.15, 0.2) is 11.6 Å². The number of nitrogens with two attached hydrogens (primary N) is 2. The highest BCUT2D eigenvalue weighted by Gasteiger charge is 2.32. The van der Waals surface area contributed by atoms with Crippen molar-refractivity contribution in [3.05, 3.63) is 16.6 Å². The Morgan fingerprint density at radius 1 is 0.841 bits per heavy atom. The van der Waals surface area contributed by atoms with Crippen LogP contribution in [0, 0.1) is 16.7 Å². The standard InChI is InChI=1S/C26H45N11O6S/c1-14(2)12-18(22(42)35-16(6-4-8-32-25(27)28)20(40)24-31-10-11-44-24)37-21(41)17(7-5-9-33-26(29)30)36-23(43)19(13-38)34-15(3)39/h10-11,14,16-19,38H,4-9,12-13H2,1-3H3,(H,34,39)(H,35,42)(H,36,43)(H,37,41)(H4,27,28,32)(H4,29,30,33)/t16?,17-,18+,19+/m1/s1. The Kier molecular flexibility index (Phi) is 17.0. The third-order valence-corrected chi connectivity index (χ3v) is 6.88. The number of aliphatic hydroxyl groups excluding tert-OH is 1. The molecule has 1 aromatic rings. The molecule has 13 N–H and O–H groups in total. The number of carbonyl (C=O) groups excluding carboxylic acids is 5. The Morgan fingerprint density at radius 2 is 1.34 bits per heavy atom. The predicted octanol–water partition coefficient (Wildman–Crippen LogP) is -2.15. The van der Waals surface area contributed by atoms with Gasteiger partial charge in [-0.2, -0.15) is 0 Å². The van der Waals surface area contributed by atoms with E-state index in [0.29, 0.717) is 19.4 Å². The van der Waals surface area contributed by atoms with E-state index in [-0.39, 0.29) is 48.7 Å². The maximum atomic E-state index is 13.5. The Bertz CT molecular complexity index is 1130. The average molecular weight is 640 g/mol. The molecule has 0 aliphatic rings. The van der Waals surface area contributed by atoms with Crippen molar-refractivity contribution in [2.45, 2.75) is 77.0 Å². The highest BCUT2D eigenvalue weighted by Crippen LogP contribution is 2.13. The Balaban J connectivity index is 3.14. The van der Waals surface area contributed by atoms with Crippen molar-refractivity contribution in [2.24, 2.45) is 17.4 Å². The van der Waals surface area contributed by atoms with E-state index in [9.17, 15) is 29.1 Å². The van der Waals surface area contributed by atoms with Gasteiger partial charge in [0.1, 0.15) is 18.1 Å². The van der Waals surface area contributed by atoms with Crippen molar-refractivity contribution in [2.75, 3.05) is 19.7 Å². The van der Waals surface area contributed by atoms with Gasteiger partial charge in [-0.25, -0.2) is 4.98 Å². The van der Waals surface area contributed by atoms with E-state index < -0.39 is 60.2 Å². The lowest BCUT2D eigenvalue weighted by Gasteiger charge is -2.27. The van der Waals surface area contributed by atoms with Crippen LogP contribution >= 0.6 is 11.3 Å². The van der Waals surface area contributed by atoms with Crippen LogP contribution < -0.4 is 43.4 Å². The first-order chi connectivity index (χ1) is 20.7. The third-order valence-electron chi connectivity index (χ3n) is 6.10. The first-order valence-corrected chi connectivity index (χ1v) is 15.0. The number of carbonyl (C=O) groups is 5. The number of nitrogens with zero attached hydrogens (tertiary/aromatic N) is 1. The Morgan fingerprint density at radius 3 is 1.82 bits per heavy atom. The van der Waals surface area contributed by atoms with E-state index in [0.717, 1.165) is 11.3 Å². The summed E-state index contributed by atoms with van der Waals surface area (Å²) in [5, 5.41) is 41.5. The van der Waals surface area contributed by atoms with Crippen LogP contribution in [0.1, 0.15) is 62.7 Å². The number of rotatable bonds is 20. The van der Waals surface area contributed by atoms with Crippen molar-refractivity contribution >= 4 is 52.7 Å². The highest BCUT2D eigenvalue weighted by atomic mass is 32.1. The van der Waals surface area contributed by atoms with Crippen molar-refractivity contribution in [1.82, 2.24) is 36.9 Å². The van der Waals surface area contributed by atoms with Crippen LogP contribution in [-0.2, 0) is 19.2 Å². The first-order valence-electron chi connectivity index (χ1n) is 14.1. The minimum atomic E-state index is -1.30. The second-order valence-corrected chi connectivity index (χ2v) is 11.3. The summed E-state index contributed by atoms with van der Waals surface area (Å²) < 4.78 is 0. The molecule has 1 aromatic heterocycles. The number of hydrogen-bond donors (Lipinski definition) is 11. The van der Waals surface area contributed by atoms with Crippen molar-refractivity contribution in [1.29, 1.82) is 10.8 Å². The number of amides is 4. The molecular formula is C26H45N11O6S. The van der Waals surface area contributed by atoms with Gasteiger partial charge in [-0.1, -0.05) is 13.8 Å². The summed E-state index contributed by atoms with van der Waals surface area (Å²) in [5.74, 6) is -3.62. The number of guanidine groups is 2. The lowest BCUT2D eigenvalue weighted by molar-refractivity contribution is -0.134. The third kappa shape index (κ3) is 14.7. The number of nitrogens with one attached hydrogen (secondary N) is 8. The van der Waals surface area contributed by atoms with Gasteiger partial charge in [-0.15, -0.1) is 11.3 Å². The second kappa shape index (κ2) is 19.8. The normalized spacial score (nSPS) is 13.5. The molecule has 1 rings (SSSR count). The van der Waals surface area contributed by atoms with E-state index in [2.05, 4.69) is 36.9 Å². The summed E-state index contributed by atoms with van der Waals surface area (Å²) in [7, 11) is 0. The molecule has 0 aliphatic heterocycles. The van der Waals surface area contributed by atoms with Gasteiger partial charge < -0.3 is 48.5 Å². The van der Waals surface area contributed by atoms with E-state index in [4.69, 9.17) is 22.3 Å². The molecule has 0 bridgehead atoms. The van der Waals surface area contributed by atoms with E-state index in [1.165, 1.54) is 13.1 Å². The molecule has 44 heavy (non-hydrogen) atoms. The van der Waals surface area contributed by atoms with Crippen molar-refractivity contribution < 1.29 is 29.1 Å². The number of ketones is 1. The molecular weight excluding hydrogens is 594 g/mol. The smallest absolute Gasteiger partial charge is 0.245 e. The molecule has 4 atom stereocenters. The molecule has 1 heterocycles. The van der Waals surface area contributed by atoms with E-state index in [1.807, 2.05) is 13.8 Å². The predicted molar refractivity (Wildman–Crippen MR) is 165 cm³/mol. The highest BCUT2D eigenvalue weighted by molar-refractivity contribution is 7.11. The molecule has 246 valence electrons. The first kappa shape index (κ1) is 37.7. The SMILES string of the molecule is CC(=O)N[C@@H](CO)C(=O)N[C@H](CCCNC(=N)N)C(=O)N[C@@H](CC(C)C)C(=O)NC(CCCNC(=N)N)C(=O)c1nccs1. The summed E-state index contributed by atoms with van der Waals surface area (Å²) >= 11 is 1.13. The topological polar surface area (TPSA) is 290 Å². The molecule has 0 fully saturated rings. The van der Waals surface area contributed by atoms with Crippen molar-refractivity contribution in [3.8, 4) is 0 Å². The van der Waals surface area contributed by atoms with Crippen LogP contribution in [-0.4, -0.2) is 95.3 Å². The van der Waals surface area contributed by atoms with Crippen LogP contribution in [0.4, 0.5) is 0 Å². The number of thiazole rings is 1. The molecule has 0 spiro atoms. The Hall–Kier alpha value is -4.32. The summed E-state index contributed by atoms with van der Waals surface area (Å²) in [4.78, 5) is 68.4. The molecule has 1 unspecified atom stereocenters. The van der Waals surface area contributed by atoms with Crippen LogP contribution in [0.3, 0.4) is 0 Å². The summed E-state index contributed by atoms with van der Waals surface area (Å²) in [6, 6.07) is -4.52. The van der Waals surface area contributed by atoms with Gasteiger partial charge >= 0.3 is 0 Å². The van der Waals surface area contributed by atoms with E-state index >= 15 is 0 Å². The lowest BCUT2D eigenvalue weighted by atomic mass is 10.00. The zero-order valence-electron chi connectivity index (χ0n) is 25.2. The molecule has 18 heteroatoms. The zero-order valence-corrected chi connectivity index (χ0v) is 26.0. The lowest BCUT2D eigenvalue weighted by Crippen LogP contribution is -2.58. The average Bonchev–Trinajstić information content (AvgIpc) is 3.48. The maximum absolute atomic E-state index is 13.5. The molecule has 0 saturated heterocycles. The minimum Gasteiger partial charge on any atom is -0.394 e. The minimum absolute atomic E-state index is 0.0507. The monoisotopic (exact) mass is 639 g/mol. The van der Waals surface area contributed by atoms with Gasteiger partial charge in [-0.05, 0) is 38.0 Å². The van der Waals surface area contributed by atoms with Crippen molar-refractivity contribution in [3.63, 3.8) is 0 Å². The Labute approximate surface area is 260 Å². The molecule has 4 amide bonds. The van der Waals surface area contributed by atoms with Gasteiger partial charge in [0.25, 0.3) is 0 Å². The largest absolute Gasteiger partial charge is 0.394 e. The fraction of sp³-hybridized carbons (Fsp3) is 0.615. The van der Waals surface area contributed by atoms with Gasteiger partial charge in [0.05, 0.1) is 12.6 Å². The van der Waals surface area contributed by atoms with Gasteiger partial charge in [0.2, 0.25) is 29.4 Å². The molecule has 17 nitrogen and oxygen atoms in total. The van der Waals surface area contributed by atoms with Gasteiger partial charge in [0, 0.05) is 31.6 Å². The number of Topliss-reactive ketones (excluding diaryl/α,β-unsaturated/α-hetero) is 1. The van der Waals surface area contributed by atoms with Crippen LogP contribution in [0.5, 0.6) is 0 Å². The quantitative estimate of drug-likeness (QED) is 0.0316. The molecule has 0 saturated carbocycles. The summed E-state index contributed by atoms with van der Waals surface area (Å²) in [6.45, 7) is 4.69. The maximum Gasteiger partial charge on any atom is 0.245 e. The molecule has 0 aromatic carbocycles.